The monoisotopic (exact) mass is 253 g/mol. The average molecular weight is 254 g/mol. The fraction of sp³-hybridized carbons (Fsp3) is 0.364. The summed E-state index contributed by atoms with van der Waals surface area (Å²) in [6.45, 7) is 5.68. The second kappa shape index (κ2) is 4.33. The Morgan fingerprint density at radius 3 is 2.59 bits per heavy atom. The van der Waals surface area contributed by atoms with Gasteiger partial charge >= 0.3 is 0 Å². The van der Waals surface area contributed by atoms with Crippen molar-refractivity contribution in [3.63, 3.8) is 0 Å². The lowest BCUT2D eigenvalue weighted by molar-refractivity contribution is 0.449. The van der Waals surface area contributed by atoms with Gasteiger partial charge in [0.25, 0.3) is 5.56 Å². The number of nitrogens with zero attached hydrogens (tertiary/aromatic N) is 3. The highest BCUT2D eigenvalue weighted by Gasteiger charge is 2.10. The highest BCUT2D eigenvalue weighted by Crippen LogP contribution is 2.10. The van der Waals surface area contributed by atoms with E-state index in [0.717, 1.165) is 11.5 Å². The third kappa shape index (κ3) is 2.39. The number of rotatable bonds is 2. The van der Waals surface area contributed by atoms with Gasteiger partial charge in [0.05, 0.1) is 5.69 Å². The van der Waals surface area contributed by atoms with Crippen LogP contribution in [-0.4, -0.2) is 14.5 Å². The number of halogens is 1. The zero-order valence-corrected chi connectivity index (χ0v) is 10.6. The fourth-order valence-electron chi connectivity index (χ4n) is 1.52. The van der Waals surface area contributed by atoms with Gasteiger partial charge in [-0.1, -0.05) is 11.6 Å². The predicted molar refractivity (Wildman–Crippen MR) is 63.3 cm³/mol. The molecule has 2 aromatic heterocycles. The summed E-state index contributed by atoms with van der Waals surface area (Å²) in [5, 5.41) is 0.198. The summed E-state index contributed by atoms with van der Waals surface area (Å²) >= 11 is 5.69. The molecule has 5 nitrogen and oxygen atoms in total. The lowest BCUT2D eigenvalue weighted by Crippen LogP contribution is -2.23. The first-order valence-electron chi connectivity index (χ1n) is 5.14. The van der Waals surface area contributed by atoms with Crippen LogP contribution in [0.3, 0.4) is 0 Å². The van der Waals surface area contributed by atoms with E-state index in [0.29, 0.717) is 11.7 Å². The van der Waals surface area contributed by atoms with E-state index in [-0.39, 0.29) is 17.3 Å². The molecular weight excluding hydrogens is 242 g/mol. The number of hydrogen-bond donors (Lipinski definition) is 0. The minimum absolute atomic E-state index is 0.198. The lowest BCUT2D eigenvalue weighted by atomic mass is 10.4. The molecule has 0 N–H and O–H groups in total. The largest absolute Gasteiger partial charge is 0.444 e. The topological polar surface area (TPSA) is 60.9 Å². The Bertz CT molecular complexity index is 596. The van der Waals surface area contributed by atoms with Crippen LogP contribution in [0.2, 0.25) is 5.15 Å². The van der Waals surface area contributed by atoms with Crippen molar-refractivity contribution < 1.29 is 4.42 Å². The Hall–Kier alpha value is -1.62. The lowest BCUT2D eigenvalue weighted by Gasteiger charge is -2.05. The summed E-state index contributed by atoms with van der Waals surface area (Å²) in [6, 6.07) is 1.28. The Labute approximate surface area is 103 Å². The molecule has 0 aromatic carbocycles. The Morgan fingerprint density at radius 2 is 2.06 bits per heavy atom. The molecule has 0 radical (unpaired) electrons. The van der Waals surface area contributed by atoms with Gasteiger partial charge in [0.1, 0.15) is 23.3 Å². The molecule has 2 rings (SSSR count). The van der Waals surface area contributed by atoms with Gasteiger partial charge in [0.15, 0.2) is 0 Å². The molecule has 0 bridgehead atoms. The van der Waals surface area contributed by atoms with Gasteiger partial charge in [-0.05, 0) is 20.8 Å². The van der Waals surface area contributed by atoms with Gasteiger partial charge in [0.2, 0.25) is 5.89 Å². The third-order valence-electron chi connectivity index (χ3n) is 2.53. The van der Waals surface area contributed by atoms with Crippen molar-refractivity contribution in [3.8, 4) is 0 Å². The molecule has 0 spiro atoms. The molecule has 0 aliphatic rings. The van der Waals surface area contributed by atoms with Crippen molar-refractivity contribution >= 4 is 11.6 Å². The Morgan fingerprint density at radius 1 is 1.35 bits per heavy atom. The molecule has 0 aliphatic heterocycles. The normalized spacial score (nSPS) is 10.8. The van der Waals surface area contributed by atoms with Gasteiger partial charge < -0.3 is 4.42 Å². The number of aromatic nitrogens is 3. The van der Waals surface area contributed by atoms with E-state index >= 15 is 0 Å². The van der Waals surface area contributed by atoms with Crippen molar-refractivity contribution in [1.82, 2.24) is 14.5 Å². The molecule has 90 valence electrons. The van der Waals surface area contributed by atoms with Crippen LogP contribution < -0.4 is 5.56 Å². The van der Waals surface area contributed by atoms with Crippen molar-refractivity contribution in [3.05, 3.63) is 44.7 Å². The van der Waals surface area contributed by atoms with E-state index in [1.165, 1.54) is 10.6 Å². The molecule has 0 aliphatic carbocycles. The van der Waals surface area contributed by atoms with Gasteiger partial charge in [0, 0.05) is 6.07 Å². The van der Waals surface area contributed by atoms with E-state index in [2.05, 4.69) is 9.97 Å². The summed E-state index contributed by atoms with van der Waals surface area (Å²) in [6.07, 6.45) is 0. The standard InChI is InChI=1S/C11H12ClN3O2/c1-6-7(2)17-10(13-6)5-15-8(3)14-9(12)4-11(15)16/h4H,5H2,1-3H3. The molecule has 0 saturated heterocycles. The fourth-order valence-corrected chi connectivity index (χ4v) is 1.74. The summed E-state index contributed by atoms with van der Waals surface area (Å²) in [5.41, 5.74) is 0.614. The summed E-state index contributed by atoms with van der Waals surface area (Å²) < 4.78 is 6.90. The summed E-state index contributed by atoms with van der Waals surface area (Å²) in [7, 11) is 0. The number of hydrogen-bond acceptors (Lipinski definition) is 4. The van der Waals surface area contributed by atoms with Crippen molar-refractivity contribution in [2.75, 3.05) is 0 Å². The molecule has 17 heavy (non-hydrogen) atoms. The second-order valence-electron chi connectivity index (χ2n) is 3.80. The first-order valence-corrected chi connectivity index (χ1v) is 5.52. The molecule has 2 aromatic rings. The van der Waals surface area contributed by atoms with Crippen LogP contribution in [0.1, 0.15) is 23.2 Å². The van der Waals surface area contributed by atoms with Crippen LogP contribution in [-0.2, 0) is 6.54 Å². The van der Waals surface area contributed by atoms with Gasteiger partial charge in [-0.25, -0.2) is 9.97 Å². The molecule has 0 saturated carbocycles. The molecule has 0 unspecified atom stereocenters. The quantitative estimate of drug-likeness (QED) is 0.767. The van der Waals surface area contributed by atoms with E-state index in [4.69, 9.17) is 16.0 Å². The van der Waals surface area contributed by atoms with Gasteiger partial charge in [-0.3, -0.25) is 9.36 Å². The summed E-state index contributed by atoms with van der Waals surface area (Å²) in [4.78, 5) is 20.0. The highest BCUT2D eigenvalue weighted by molar-refractivity contribution is 6.29. The van der Waals surface area contributed by atoms with Crippen LogP contribution in [0.4, 0.5) is 0 Å². The van der Waals surface area contributed by atoms with Crippen LogP contribution >= 0.6 is 11.6 Å². The third-order valence-corrected chi connectivity index (χ3v) is 2.73. The van der Waals surface area contributed by atoms with Crippen LogP contribution in [0.5, 0.6) is 0 Å². The average Bonchev–Trinajstić information content (AvgIpc) is 2.52. The minimum atomic E-state index is -0.212. The first-order chi connectivity index (χ1) is 7.97. The predicted octanol–water partition coefficient (Wildman–Crippen LogP) is 1.86. The van der Waals surface area contributed by atoms with Crippen LogP contribution in [0, 0.1) is 20.8 Å². The van der Waals surface area contributed by atoms with E-state index in [1.807, 2.05) is 13.8 Å². The first kappa shape index (κ1) is 11.9. The summed E-state index contributed by atoms with van der Waals surface area (Å²) in [5.74, 6) is 1.79. The maximum atomic E-state index is 11.7. The zero-order valence-electron chi connectivity index (χ0n) is 9.82. The van der Waals surface area contributed by atoms with Crippen LogP contribution in [0.15, 0.2) is 15.3 Å². The Kier molecular flexibility index (Phi) is 3.02. The number of oxazole rings is 1. The smallest absolute Gasteiger partial charge is 0.255 e. The van der Waals surface area contributed by atoms with Gasteiger partial charge in [-0.2, -0.15) is 0 Å². The van der Waals surface area contributed by atoms with Crippen molar-refractivity contribution in [2.24, 2.45) is 0 Å². The molecule has 0 atom stereocenters. The SMILES string of the molecule is Cc1nc(Cn2c(C)nc(Cl)cc2=O)oc1C. The van der Waals surface area contributed by atoms with Crippen LogP contribution in [0.25, 0.3) is 0 Å². The second-order valence-corrected chi connectivity index (χ2v) is 4.19. The maximum absolute atomic E-state index is 11.7. The van der Waals surface area contributed by atoms with Crippen molar-refractivity contribution in [2.45, 2.75) is 27.3 Å². The van der Waals surface area contributed by atoms with Crippen molar-refractivity contribution in [1.29, 1.82) is 0 Å². The molecule has 0 fully saturated rings. The maximum Gasteiger partial charge on any atom is 0.255 e. The minimum Gasteiger partial charge on any atom is -0.444 e. The zero-order chi connectivity index (χ0) is 12.6. The highest BCUT2D eigenvalue weighted by atomic mass is 35.5. The molecule has 2 heterocycles. The molecular formula is C11H12ClN3O2. The molecule has 0 amide bonds. The molecule has 6 heteroatoms. The van der Waals surface area contributed by atoms with E-state index < -0.39 is 0 Å². The number of aryl methyl sites for hydroxylation is 3. The van der Waals surface area contributed by atoms with E-state index in [1.54, 1.807) is 6.92 Å². The van der Waals surface area contributed by atoms with Gasteiger partial charge in [-0.15, -0.1) is 0 Å². The van der Waals surface area contributed by atoms with E-state index in [9.17, 15) is 4.79 Å². The Balaban J connectivity index is 2.40.